The molecule has 0 aliphatic carbocycles. The van der Waals surface area contributed by atoms with E-state index in [4.69, 9.17) is 0 Å². The lowest BCUT2D eigenvalue weighted by atomic mass is 10.1. The van der Waals surface area contributed by atoms with Crippen LogP contribution in [0.4, 0.5) is 0 Å². The summed E-state index contributed by atoms with van der Waals surface area (Å²) in [6, 6.07) is 1.41. The lowest BCUT2D eigenvalue weighted by molar-refractivity contribution is 0.265. The summed E-state index contributed by atoms with van der Waals surface area (Å²) in [5, 5.41) is 3.36. The van der Waals surface area contributed by atoms with Crippen molar-refractivity contribution in [2.45, 2.75) is 32.9 Å². The second-order valence-corrected chi connectivity index (χ2v) is 3.92. The van der Waals surface area contributed by atoms with Crippen molar-refractivity contribution in [1.82, 2.24) is 10.2 Å². The van der Waals surface area contributed by atoms with Gasteiger partial charge in [0.1, 0.15) is 0 Å². The molecule has 1 aliphatic heterocycles. The van der Waals surface area contributed by atoms with Gasteiger partial charge in [-0.05, 0) is 26.8 Å². The van der Waals surface area contributed by atoms with Crippen LogP contribution in [0.5, 0.6) is 0 Å². The molecule has 0 bridgehead atoms. The maximum absolute atomic E-state index is 3.36. The van der Waals surface area contributed by atoms with Gasteiger partial charge in [0.15, 0.2) is 0 Å². The Kier molecular flexibility index (Phi) is 2.90. The number of rotatable bonds is 2. The Morgan fingerprint density at radius 2 is 2.00 bits per heavy atom. The highest BCUT2D eigenvalue weighted by atomic mass is 15.2. The van der Waals surface area contributed by atoms with Crippen LogP contribution in [0, 0.1) is 5.92 Å². The lowest BCUT2D eigenvalue weighted by Crippen LogP contribution is -2.34. The van der Waals surface area contributed by atoms with Gasteiger partial charge in [-0.1, -0.05) is 6.92 Å². The molecular formula is C9H20N2. The minimum Gasteiger partial charge on any atom is -0.315 e. The van der Waals surface area contributed by atoms with Crippen molar-refractivity contribution in [3.63, 3.8) is 0 Å². The molecule has 1 aliphatic rings. The molecule has 0 saturated carbocycles. The number of hydrogen-bond acceptors (Lipinski definition) is 2. The smallest absolute Gasteiger partial charge is 0.0229 e. The molecule has 66 valence electrons. The summed E-state index contributed by atoms with van der Waals surface area (Å²) in [6.07, 6.45) is 0. The van der Waals surface area contributed by atoms with Crippen LogP contribution in [0.2, 0.25) is 0 Å². The normalized spacial score (nSPS) is 33.5. The van der Waals surface area contributed by atoms with Gasteiger partial charge in [0, 0.05) is 25.2 Å². The number of likely N-dealkylation sites (N-methyl/N-ethyl adjacent to an activating group) is 1. The van der Waals surface area contributed by atoms with Crippen LogP contribution >= 0.6 is 0 Å². The fourth-order valence-corrected chi connectivity index (χ4v) is 1.80. The molecule has 1 saturated heterocycles. The summed E-state index contributed by atoms with van der Waals surface area (Å²) in [5.41, 5.74) is 0. The molecule has 0 aromatic heterocycles. The Bertz CT molecular complexity index is 123. The fourth-order valence-electron chi connectivity index (χ4n) is 1.80. The summed E-state index contributed by atoms with van der Waals surface area (Å²) in [6.45, 7) is 9.33. The van der Waals surface area contributed by atoms with Gasteiger partial charge in [-0.25, -0.2) is 0 Å². The van der Waals surface area contributed by atoms with E-state index in [1.54, 1.807) is 0 Å². The molecule has 1 fully saturated rings. The highest BCUT2D eigenvalue weighted by Gasteiger charge is 2.29. The van der Waals surface area contributed by atoms with Gasteiger partial charge < -0.3 is 5.32 Å². The summed E-state index contributed by atoms with van der Waals surface area (Å²) in [7, 11) is 2.06. The summed E-state index contributed by atoms with van der Waals surface area (Å²) < 4.78 is 0. The van der Waals surface area contributed by atoms with Crippen LogP contribution in [-0.4, -0.2) is 37.1 Å². The predicted molar refractivity (Wildman–Crippen MR) is 48.7 cm³/mol. The van der Waals surface area contributed by atoms with Crippen molar-refractivity contribution < 1.29 is 0 Å². The summed E-state index contributed by atoms with van der Waals surface area (Å²) >= 11 is 0. The Labute approximate surface area is 70.0 Å². The molecule has 0 unspecified atom stereocenters. The molecule has 2 atom stereocenters. The molecule has 0 aromatic carbocycles. The second kappa shape index (κ2) is 3.55. The first kappa shape index (κ1) is 9.01. The van der Waals surface area contributed by atoms with E-state index in [-0.39, 0.29) is 0 Å². The van der Waals surface area contributed by atoms with Gasteiger partial charge in [0.25, 0.3) is 0 Å². The molecule has 1 N–H and O–H groups in total. The third-order valence-corrected chi connectivity index (χ3v) is 2.74. The Balaban J connectivity index is 2.43. The largest absolute Gasteiger partial charge is 0.315 e. The molecule has 11 heavy (non-hydrogen) atoms. The number of likely N-dealkylation sites (tertiary alicyclic amines) is 1. The van der Waals surface area contributed by atoms with Crippen LogP contribution < -0.4 is 5.32 Å². The number of nitrogens with one attached hydrogen (secondary N) is 1. The maximum atomic E-state index is 3.36. The summed E-state index contributed by atoms with van der Waals surface area (Å²) in [4.78, 5) is 2.53. The van der Waals surface area contributed by atoms with E-state index in [9.17, 15) is 0 Å². The van der Waals surface area contributed by atoms with Gasteiger partial charge in [-0.2, -0.15) is 0 Å². The average Bonchev–Trinajstić information content (AvgIpc) is 2.31. The van der Waals surface area contributed by atoms with Crippen LogP contribution in [-0.2, 0) is 0 Å². The molecule has 2 nitrogen and oxygen atoms in total. The first-order valence-electron chi connectivity index (χ1n) is 4.56. The van der Waals surface area contributed by atoms with Crippen molar-refractivity contribution in [3.8, 4) is 0 Å². The molecule has 0 radical (unpaired) electrons. The summed E-state index contributed by atoms with van der Waals surface area (Å²) in [5.74, 6) is 0.808. The maximum Gasteiger partial charge on any atom is 0.0229 e. The first-order chi connectivity index (χ1) is 5.15. The third kappa shape index (κ3) is 1.94. The Morgan fingerprint density at radius 1 is 1.36 bits per heavy atom. The van der Waals surface area contributed by atoms with E-state index in [1.807, 2.05) is 0 Å². The molecule has 0 spiro atoms. The minimum atomic E-state index is 0.704. The highest BCUT2D eigenvalue weighted by Crippen LogP contribution is 2.17. The van der Waals surface area contributed by atoms with Crippen molar-refractivity contribution in [2.75, 3.05) is 20.1 Å². The quantitative estimate of drug-likeness (QED) is 0.640. The highest BCUT2D eigenvalue weighted by molar-refractivity contribution is 4.86. The zero-order valence-corrected chi connectivity index (χ0v) is 8.09. The van der Waals surface area contributed by atoms with Crippen molar-refractivity contribution >= 4 is 0 Å². The second-order valence-electron chi connectivity index (χ2n) is 3.92. The Hall–Kier alpha value is -0.0800. The third-order valence-electron chi connectivity index (χ3n) is 2.74. The van der Waals surface area contributed by atoms with Gasteiger partial charge in [-0.3, -0.25) is 4.90 Å². The standard InChI is InChI=1S/C9H20N2/c1-7(2)11-5-8(3)9(6-11)10-4/h7-10H,5-6H2,1-4H3/t8-,9-/m0/s1. The van der Waals surface area contributed by atoms with E-state index in [2.05, 4.69) is 38.0 Å². The number of hydrogen-bond donors (Lipinski definition) is 1. The Morgan fingerprint density at radius 3 is 2.27 bits per heavy atom. The molecule has 0 aromatic rings. The van der Waals surface area contributed by atoms with E-state index < -0.39 is 0 Å². The topological polar surface area (TPSA) is 15.3 Å². The first-order valence-corrected chi connectivity index (χ1v) is 4.56. The van der Waals surface area contributed by atoms with Crippen molar-refractivity contribution in [2.24, 2.45) is 5.92 Å². The molecule has 1 rings (SSSR count). The van der Waals surface area contributed by atoms with Crippen LogP contribution in [0.25, 0.3) is 0 Å². The fraction of sp³-hybridized carbons (Fsp3) is 1.00. The van der Waals surface area contributed by atoms with Gasteiger partial charge in [0.2, 0.25) is 0 Å². The SMILES string of the molecule is CN[C@H]1CN(C(C)C)C[C@@H]1C. The predicted octanol–water partition coefficient (Wildman–Crippen LogP) is 0.934. The molecular weight excluding hydrogens is 136 g/mol. The van der Waals surface area contributed by atoms with Gasteiger partial charge in [0.05, 0.1) is 0 Å². The zero-order chi connectivity index (χ0) is 8.43. The van der Waals surface area contributed by atoms with E-state index in [1.165, 1.54) is 13.1 Å². The van der Waals surface area contributed by atoms with Crippen LogP contribution in [0.3, 0.4) is 0 Å². The number of nitrogens with zero attached hydrogens (tertiary/aromatic N) is 1. The minimum absolute atomic E-state index is 0.704. The van der Waals surface area contributed by atoms with E-state index in [0.717, 1.165) is 5.92 Å². The molecule has 0 amide bonds. The van der Waals surface area contributed by atoms with E-state index >= 15 is 0 Å². The van der Waals surface area contributed by atoms with E-state index in [0.29, 0.717) is 12.1 Å². The van der Waals surface area contributed by atoms with Gasteiger partial charge >= 0.3 is 0 Å². The van der Waals surface area contributed by atoms with Crippen LogP contribution in [0.15, 0.2) is 0 Å². The van der Waals surface area contributed by atoms with Crippen molar-refractivity contribution in [3.05, 3.63) is 0 Å². The average molecular weight is 156 g/mol. The van der Waals surface area contributed by atoms with Gasteiger partial charge in [-0.15, -0.1) is 0 Å². The monoisotopic (exact) mass is 156 g/mol. The lowest BCUT2D eigenvalue weighted by Gasteiger charge is -2.19. The van der Waals surface area contributed by atoms with Crippen LogP contribution in [0.1, 0.15) is 20.8 Å². The zero-order valence-electron chi connectivity index (χ0n) is 8.09. The molecule has 1 heterocycles. The van der Waals surface area contributed by atoms with Crippen molar-refractivity contribution in [1.29, 1.82) is 0 Å². The molecule has 2 heteroatoms.